The van der Waals surface area contributed by atoms with Gasteiger partial charge in [-0.1, -0.05) is 18.2 Å². The first-order valence-electron chi connectivity index (χ1n) is 7.68. The van der Waals surface area contributed by atoms with Crippen molar-refractivity contribution in [3.63, 3.8) is 0 Å². The number of ether oxygens (including phenoxy) is 1. The van der Waals surface area contributed by atoms with Gasteiger partial charge in [0.1, 0.15) is 5.75 Å². The summed E-state index contributed by atoms with van der Waals surface area (Å²) < 4.78 is 119. The van der Waals surface area contributed by atoms with Gasteiger partial charge >= 0.3 is 23.9 Å². The Labute approximate surface area is 157 Å². The third-order valence-electron chi connectivity index (χ3n) is 3.50. The average Bonchev–Trinajstić information content (AvgIpc) is 2.65. The zero-order valence-electron chi connectivity index (χ0n) is 14.1. The third kappa shape index (κ3) is 4.80. The molecular formula is C17H11F9N2O. The second-order valence-corrected chi connectivity index (χ2v) is 5.67. The number of alkyl halides is 9. The van der Waals surface area contributed by atoms with Gasteiger partial charge < -0.3 is 4.74 Å². The van der Waals surface area contributed by atoms with Gasteiger partial charge in [0.2, 0.25) is 0 Å². The van der Waals surface area contributed by atoms with Crippen LogP contribution in [0.25, 0.3) is 0 Å². The Hall–Kier alpha value is -2.79. The van der Waals surface area contributed by atoms with E-state index in [0.29, 0.717) is 5.69 Å². The van der Waals surface area contributed by atoms with Crippen LogP contribution in [0.4, 0.5) is 50.9 Å². The highest BCUT2D eigenvalue weighted by Crippen LogP contribution is 2.53. The van der Waals surface area contributed by atoms with Crippen molar-refractivity contribution in [3.8, 4) is 5.75 Å². The van der Waals surface area contributed by atoms with E-state index in [-0.39, 0.29) is 5.69 Å². The predicted molar refractivity (Wildman–Crippen MR) is 83.5 cm³/mol. The van der Waals surface area contributed by atoms with Gasteiger partial charge in [0.15, 0.2) is 6.61 Å². The second kappa shape index (κ2) is 7.91. The summed E-state index contributed by atoms with van der Waals surface area (Å²) in [6.45, 7) is -2.41. The molecule has 0 fully saturated rings. The monoisotopic (exact) mass is 430 g/mol. The van der Waals surface area contributed by atoms with E-state index in [0.717, 1.165) is 12.1 Å². The lowest BCUT2D eigenvalue weighted by molar-refractivity contribution is -0.398. The molecule has 0 aliphatic rings. The number of hydrogen-bond acceptors (Lipinski definition) is 3. The first-order valence-corrected chi connectivity index (χ1v) is 7.68. The van der Waals surface area contributed by atoms with Crippen molar-refractivity contribution in [2.45, 2.75) is 23.9 Å². The lowest BCUT2D eigenvalue weighted by Crippen LogP contribution is -2.62. The summed E-state index contributed by atoms with van der Waals surface area (Å²) in [4.78, 5) is 0. The van der Waals surface area contributed by atoms with Gasteiger partial charge in [0.25, 0.3) is 0 Å². The lowest BCUT2D eigenvalue weighted by atomic mass is 10.0. The van der Waals surface area contributed by atoms with Crippen molar-refractivity contribution < 1.29 is 44.3 Å². The molecule has 0 heterocycles. The number of halogens is 9. The molecule has 3 nitrogen and oxygen atoms in total. The van der Waals surface area contributed by atoms with Gasteiger partial charge in [-0.3, -0.25) is 0 Å². The van der Waals surface area contributed by atoms with Gasteiger partial charge in [-0.15, -0.1) is 0 Å². The van der Waals surface area contributed by atoms with Crippen molar-refractivity contribution in [3.05, 3.63) is 54.6 Å². The van der Waals surface area contributed by atoms with E-state index < -0.39 is 36.3 Å². The Morgan fingerprint density at radius 1 is 0.621 bits per heavy atom. The Balaban J connectivity index is 2.06. The molecule has 0 unspecified atom stereocenters. The van der Waals surface area contributed by atoms with Crippen LogP contribution in [0.3, 0.4) is 0 Å². The minimum atomic E-state index is -6.95. The summed E-state index contributed by atoms with van der Waals surface area (Å²) >= 11 is 0. The van der Waals surface area contributed by atoms with Gasteiger partial charge in [-0.2, -0.15) is 49.7 Å². The van der Waals surface area contributed by atoms with E-state index in [1.54, 1.807) is 30.3 Å². The van der Waals surface area contributed by atoms with E-state index in [9.17, 15) is 39.5 Å². The highest BCUT2D eigenvalue weighted by molar-refractivity contribution is 5.42. The summed E-state index contributed by atoms with van der Waals surface area (Å²) in [5.41, 5.74) is 0.710. The van der Waals surface area contributed by atoms with E-state index >= 15 is 0 Å². The molecule has 0 saturated carbocycles. The molecule has 2 aromatic carbocycles. The maximum atomic E-state index is 13.4. The van der Waals surface area contributed by atoms with E-state index in [1.165, 1.54) is 12.1 Å². The summed E-state index contributed by atoms with van der Waals surface area (Å²) in [6, 6.07) is 12.7. The molecule has 2 aromatic rings. The van der Waals surface area contributed by atoms with Crippen LogP contribution in [-0.4, -0.2) is 30.6 Å². The van der Waals surface area contributed by atoms with Gasteiger partial charge in [-0.25, -0.2) is 0 Å². The average molecular weight is 430 g/mol. The molecule has 0 aromatic heterocycles. The molecule has 0 aliphatic heterocycles. The predicted octanol–water partition coefficient (Wildman–Crippen LogP) is 6.95. The third-order valence-corrected chi connectivity index (χ3v) is 3.50. The molecule has 0 atom stereocenters. The molecule has 158 valence electrons. The van der Waals surface area contributed by atoms with Crippen LogP contribution in [-0.2, 0) is 0 Å². The fourth-order valence-corrected chi connectivity index (χ4v) is 1.89. The standard InChI is InChI=1S/C17H11F9N2O/c18-14(19,15(20,21)16(22,23)17(24,25)26)10-29-13-8-6-12(7-9-13)28-27-11-4-2-1-3-5-11/h1-9H,10H2/b28-27+. The van der Waals surface area contributed by atoms with Gasteiger partial charge in [-0.05, 0) is 36.4 Å². The molecule has 2 rings (SSSR count). The Morgan fingerprint density at radius 2 is 1.10 bits per heavy atom. The highest BCUT2D eigenvalue weighted by Gasteiger charge is 2.81. The molecule has 0 bridgehead atoms. The largest absolute Gasteiger partial charge is 0.487 e. The molecule has 0 saturated heterocycles. The van der Waals surface area contributed by atoms with E-state index in [1.807, 2.05) is 0 Å². The normalized spacial score (nSPS) is 13.7. The quantitative estimate of drug-likeness (QED) is 0.346. The van der Waals surface area contributed by atoms with Crippen LogP contribution in [0, 0.1) is 0 Å². The number of azo groups is 1. The van der Waals surface area contributed by atoms with Crippen molar-refractivity contribution >= 4 is 11.4 Å². The number of rotatable bonds is 7. The fraction of sp³-hybridized carbons (Fsp3) is 0.294. The van der Waals surface area contributed by atoms with Crippen molar-refractivity contribution in [2.24, 2.45) is 10.2 Å². The van der Waals surface area contributed by atoms with Crippen LogP contribution < -0.4 is 4.74 Å². The Morgan fingerprint density at radius 3 is 1.59 bits per heavy atom. The molecule has 0 radical (unpaired) electrons. The SMILES string of the molecule is FC(F)(F)C(F)(F)C(F)(F)C(F)(F)COc1ccc(/N=N/c2ccccc2)cc1. The zero-order valence-corrected chi connectivity index (χ0v) is 14.1. The van der Waals surface area contributed by atoms with Crippen LogP contribution in [0.1, 0.15) is 0 Å². The van der Waals surface area contributed by atoms with Crippen molar-refractivity contribution in [2.75, 3.05) is 6.61 Å². The first-order chi connectivity index (χ1) is 13.3. The first kappa shape index (κ1) is 22.5. The molecule has 0 N–H and O–H groups in total. The number of nitrogens with zero attached hydrogens (tertiary/aromatic N) is 2. The summed E-state index contributed by atoms with van der Waals surface area (Å²) in [5, 5.41) is 7.65. The van der Waals surface area contributed by atoms with E-state index in [4.69, 9.17) is 0 Å². The van der Waals surface area contributed by atoms with E-state index in [2.05, 4.69) is 15.0 Å². The van der Waals surface area contributed by atoms with Crippen molar-refractivity contribution in [1.82, 2.24) is 0 Å². The lowest BCUT2D eigenvalue weighted by Gasteiger charge is -2.33. The summed E-state index contributed by atoms with van der Waals surface area (Å²) in [7, 11) is 0. The zero-order chi connectivity index (χ0) is 21.9. The second-order valence-electron chi connectivity index (χ2n) is 5.67. The van der Waals surface area contributed by atoms with Crippen LogP contribution in [0.5, 0.6) is 5.75 Å². The molecular weight excluding hydrogens is 419 g/mol. The number of benzene rings is 2. The Kier molecular flexibility index (Phi) is 6.14. The Bertz CT molecular complexity index is 834. The smallest absolute Gasteiger partial charge is 0.460 e. The molecule has 12 heteroatoms. The minimum Gasteiger partial charge on any atom is -0.487 e. The maximum Gasteiger partial charge on any atom is 0.460 e. The molecule has 0 aliphatic carbocycles. The van der Waals surface area contributed by atoms with Crippen molar-refractivity contribution in [1.29, 1.82) is 0 Å². The topological polar surface area (TPSA) is 34.0 Å². The molecule has 0 amide bonds. The maximum absolute atomic E-state index is 13.4. The van der Waals surface area contributed by atoms with Gasteiger partial charge in [0, 0.05) is 0 Å². The minimum absolute atomic E-state index is 0.210. The van der Waals surface area contributed by atoms with Crippen LogP contribution in [0.2, 0.25) is 0 Å². The van der Waals surface area contributed by atoms with Crippen LogP contribution in [0.15, 0.2) is 64.8 Å². The number of hydrogen-bond donors (Lipinski definition) is 0. The van der Waals surface area contributed by atoms with Crippen LogP contribution >= 0.6 is 0 Å². The molecule has 29 heavy (non-hydrogen) atoms. The summed E-state index contributed by atoms with van der Waals surface area (Å²) in [6.07, 6.45) is -6.87. The summed E-state index contributed by atoms with van der Waals surface area (Å²) in [5.74, 6) is -20.0. The highest BCUT2D eigenvalue weighted by atomic mass is 19.4. The van der Waals surface area contributed by atoms with Gasteiger partial charge in [0.05, 0.1) is 11.4 Å². The molecule has 0 spiro atoms. The fourth-order valence-electron chi connectivity index (χ4n) is 1.89.